The highest BCUT2D eigenvalue weighted by Crippen LogP contribution is 1.90. The van der Waals surface area contributed by atoms with Crippen LogP contribution in [0.25, 0.3) is 0 Å². The van der Waals surface area contributed by atoms with Gasteiger partial charge in [0.2, 0.25) is 0 Å². The molecule has 0 aliphatic carbocycles. The molecule has 0 aliphatic rings. The molecule has 0 aliphatic heterocycles. The molecule has 0 N–H and O–H groups in total. The van der Waals surface area contributed by atoms with Crippen LogP contribution in [-0.2, 0) is 18.4 Å². The Hall–Kier alpha value is -0.900. The van der Waals surface area contributed by atoms with Gasteiger partial charge in [0.15, 0.2) is 5.82 Å². The SMILES string of the molecule is COCc1ncnn1C. The van der Waals surface area contributed by atoms with Gasteiger partial charge in [0.1, 0.15) is 12.9 Å². The van der Waals surface area contributed by atoms with Gasteiger partial charge in [-0.1, -0.05) is 0 Å². The summed E-state index contributed by atoms with van der Waals surface area (Å²) in [6.45, 7) is 0.524. The predicted octanol–water partition coefficient (Wildman–Crippen LogP) is -0.0385. The number of hydrogen-bond donors (Lipinski definition) is 0. The second-order valence-electron chi connectivity index (χ2n) is 1.73. The van der Waals surface area contributed by atoms with Gasteiger partial charge in [-0.3, -0.25) is 4.68 Å². The minimum Gasteiger partial charge on any atom is -0.377 e. The van der Waals surface area contributed by atoms with E-state index < -0.39 is 0 Å². The van der Waals surface area contributed by atoms with Crippen LogP contribution < -0.4 is 0 Å². The fourth-order valence-corrected chi connectivity index (χ4v) is 0.580. The highest BCUT2D eigenvalue weighted by Gasteiger charge is 1.95. The second-order valence-corrected chi connectivity index (χ2v) is 1.73. The number of hydrogen-bond acceptors (Lipinski definition) is 3. The zero-order valence-corrected chi connectivity index (χ0v) is 5.53. The standard InChI is InChI=1S/C5H9N3O/c1-8-5(3-9-2)6-4-7-8/h4H,3H2,1-2H3. The van der Waals surface area contributed by atoms with Crippen LogP contribution in [-0.4, -0.2) is 21.9 Å². The summed E-state index contributed by atoms with van der Waals surface area (Å²) < 4.78 is 6.53. The summed E-state index contributed by atoms with van der Waals surface area (Å²) in [4.78, 5) is 3.93. The molecule has 1 aromatic rings. The first-order valence-electron chi connectivity index (χ1n) is 2.66. The molecule has 0 fully saturated rings. The van der Waals surface area contributed by atoms with Crippen molar-refractivity contribution in [2.45, 2.75) is 6.61 Å². The first-order valence-corrected chi connectivity index (χ1v) is 2.66. The number of rotatable bonds is 2. The Morgan fingerprint density at radius 2 is 2.56 bits per heavy atom. The van der Waals surface area contributed by atoms with E-state index in [1.807, 2.05) is 7.05 Å². The molecule has 4 nitrogen and oxygen atoms in total. The maximum absolute atomic E-state index is 4.84. The summed E-state index contributed by atoms with van der Waals surface area (Å²) in [6.07, 6.45) is 1.51. The summed E-state index contributed by atoms with van der Waals surface area (Å²) in [7, 11) is 3.47. The lowest BCUT2D eigenvalue weighted by molar-refractivity contribution is 0.174. The van der Waals surface area contributed by atoms with Crippen LogP contribution in [0.1, 0.15) is 5.82 Å². The van der Waals surface area contributed by atoms with Crippen LogP contribution in [0.4, 0.5) is 0 Å². The lowest BCUT2D eigenvalue weighted by Gasteiger charge is -1.95. The average Bonchev–Trinajstić information content (AvgIpc) is 2.18. The molecule has 0 saturated heterocycles. The van der Waals surface area contributed by atoms with Gasteiger partial charge in [-0.25, -0.2) is 4.98 Å². The minimum absolute atomic E-state index is 0.524. The molecule has 0 spiro atoms. The van der Waals surface area contributed by atoms with Gasteiger partial charge in [0, 0.05) is 14.2 Å². The van der Waals surface area contributed by atoms with E-state index in [0.29, 0.717) is 6.61 Å². The van der Waals surface area contributed by atoms with E-state index in [9.17, 15) is 0 Å². The van der Waals surface area contributed by atoms with E-state index in [1.165, 1.54) is 6.33 Å². The topological polar surface area (TPSA) is 39.9 Å². The van der Waals surface area contributed by atoms with E-state index in [4.69, 9.17) is 4.74 Å². The maximum atomic E-state index is 4.84. The summed E-state index contributed by atoms with van der Waals surface area (Å²) >= 11 is 0. The fourth-order valence-electron chi connectivity index (χ4n) is 0.580. The molecule has 9 heavy (non-hydrogen) atoms. The van der Waals surface area contributed by atoms with Crippen molar-refractivity contribution < 1.29 is 4.74 Å². The quantitative estimate of drug-likeness (QED) is 0.559. The summed E-state index contributed by atoms with van der Waals surface area (Å²) in [5.41, 5.74) is 0. The highest BCUT2D eigenvalue weighted by molar-refractivity contribution is 4.78. The lowest BCUT2D eigenvalue weighted by Crippen LogP contribution is -2.00. The Labute approximate surface area is 53.5 Å². The number of aryl methyl sites for hydroxylation is 1. The molecule has 0 radical (unpaired) electrons. The van der Waals surface area contributed by atoms with Crippen LogP contribution in [0.15, 0.2) is 6.33 Å². The van der Waals surface area contributed by atoms with Gasteiger partial charge in [-0.2, -0.15) is 5.10 Å². The third kappa shape index (κ3) is 1.26. The van der Waals surface area contributed by atoms with Gasteiger partial charge >= 0.3 is 0 Å². The summed E-state index contributed by atoms with van der Waals surface area (Å²) in [5.74, 6) is 0.845. The Bertz CT molecular complexity index is 184. The van der Waals surface area contributed by atoms with Crippen molar-refractivity contribution in [1.29, 1.82) is 0 Å². The molecule has 0 amide bonds. The normalized spacial score (nSPS) is 10.0. The molecule has 0 bridgehead atoms. The molecule has 4 heteroatoms. The third-order valence-electron chi connectivity index (χ3n) is 1.08. The van der Waals surface area contributed by atoms with Gasteiger partial charge in [-0.05, 0) is 0 Å². The monoisotopic (exact) mass is 127 g/mol. The molecule has 1 rings (SSSR count). The Balaban J connectivity index is 2.69. The van der Waals surface area contributed by atoms with Crippen molar-refractivity contribution in [3.05, 3.63) is 12.2 Å². The van der Waals surface area contributed by atoms with E-state index in [-0.39, 0.29) is 0 Å². The molecule has 0 aromatic carbocycles. The van der Waals surface area contributed by atoms with E-state index in [0.717, 1.165) is 5.82 Å². The molecule has 0 unspecified atom stereocenters. The molecule has 0 saturated carbocycles. The Morgan fingerprint density at radius 3 is 3.00 bits per heavy atom. The number of methoxy groups -OCH3 is 1. The summed E-state index contributed by atoms with van der Waals surface area (Å²) in [6, 6.07) is 0. The van der Waals surface area contributed by atoms with Crippen molar-refractivity contribution in [2.75, 3.05) is 7.11 Å². The van der Waals surface area contributed by atoms with Crippen molar-refractivity contribution in [3.63, 3.8) is 0 Å². The highest BCUT2D eigenvalue weighted by atomic mass is 16.5. The van der Waals surface area contributed by atoms with Crippen molar-refractivity contribution in [3.8, 4) is 0 Å². The molecular weight excluding hydrogens is 118 g/mol. The lowest BCUT2D eigenvalue weighted by atomic mass is 10.6. The van der Waals surface area contributed by atoms with Crippen molar-refractivity contribution in [2.24, 2.45) is 7.05 Å². The molecule has 1 aromatic heterocycles. The largest absolute Gasteiger partial charge is 0.377 e. The van der Waals surface area contributed by atoms with Crippen molar-refractivity contribution >= 4 is 0 Å². The van der Waals surface area contributed by atoms with E-state index in [1.54, 1.807) is 11.8 Å². The molecule has 0 atom stereocenters. The number of ether oxygens (including phenoxy) is 1. The van der Waals surface area contributed by atoms with E-state index in [2.05, 4.69) is 10.1 Å². The van der Waals surface area contributed by atoms with Gasteiger partial charge < -0.3 is 4.74 Å². The van der Waals surface area contributed by atoms with E-state index >= 15 is 0 Å². The first-order chi connectivity index (χ1) is 4.34. The predicted molar refractivity (Wildman–Crippen MR) is 31.7 cm³/mol. The van der Waals surface area contributed by atoms with Gasteiger partial charge in [0.05, 0.1) is 0 Å². The molecule has 1 heterocycles. The fraction of sp³-hybridized carbons (Fsp3) is 0.600. The molecular formula is C5H9N3O. The van der Waals surface area contributed by atoms with Crippen LogP contribution in [0.3, 0.4) is 0 Å². The Morgan fingerprint density at radius 1 is 1.78 bits per heavy atom. The zero-order valence-electron chi connectivity index (χ0n) is 5.53. The van der Waals surface area contributed by atoms with Gasteiger partial charge in [-0.15, -0.1) is 0 Å². The number of aromatic nitrogens is 3. The third-order valence-corrected chi connectivity index (χ3v) is 1.08. The van der Waals surface area contributed by atoms with Crippen molar-refractivity contribution in [1.82, 2.24) is 14.8 Å². The second kappa shape index (κ2) is 2.59. The smallest absolute Gasteiger partial charge is 0.152 e. The minimum atomic E-state index is 0.524. The Kier molecular flexibility index (Phi) is 1.79. The average molecular weight is 127 g/mol. The van der Waals surface area contributed by atoms with Crippen LogP contribution in [0.5, 0.6) is 0 Å². The van der Waals surface area contributed by atoms with Gasteiger partial charge in [0.25, 0.3) is 0 Å². The number of nitrogens with zero attached hydrogens (tertiary/aromatic N) is 3. The van der Waals surface area contributed by atoms with Crippen LogP contribution in [0, 0.1) is 0 Å². The zero-order chi connectivity index (χ0) is 6.69. The van der Waals surface area contributed by atoms with Crippen LogP contribution >= 0.6 is 0 Å². The maximum Gasteiger partial charge on any atom is 0.152 e. The first kappa shape index (κ1) is 6.22. The summed E-state index contributed by atoms with van der Waals surface area (Å²) in [5, 5.41) is 3.86. The molecule has 50 valence electrons. The van der Waals surface area contributed by atoms with Crippen LogP contribution in [0.2, 0.25) is 0 Å².